The minimum Gasteiger partial charge on any atom is -0.352 e. The molecule has 29 heavy (non-hydrogen) atoms. The number of halogens is 1. The number of hydrogen-bond acceptors (Lipinski definition) is 3. The molecule has 1 atom stereocenters. The van der Waals surface area contributed by atoms with Crippen LogP contribution in [0.3, 0.4) is 0 Å². The van der Waals surface area contributed by atoms with Crippen molar-refractivity contribution in [1.82, 2.24) is 10.2 Å². The average Bonchev–Trinajstić information content (AvgIpc) is 2.69. The molecule has 0 aliphatic rings. The van der Waals surface area contributed by atoms with Crippen molar-refractivity contribution in [1.29, 1.82) is 0 Å². The van der Waals surface area contributed by atoms with Crippen LogP contribution in [0.1, 0.15) is 39.2 Å². The first-order chi connectivity index (χ1) is 13.9. The van der Waals surface area contributed by atoms with Gasteiger partial charge in [-0.15, -0.1) is 11.8 Å². The summed E-state index contributed by atoms with van der Waals surface area (Å²) in [5.41, 5.74) is 1.02. The van der Waals surface area contributed by atoms with Gasteiger partial charge < -0.3 is 10.2 Å². The Kier molecular flexibility index (Phi) is 9.55. The molecule has 2 amide bonds. The molecule has 0 heterocycles. The van der Waals surface area contributed by atoms with Crippen LogP contribution in [0.5, 0.6) is 0 Å². The van der Waals surface area contributed by atoms with E-state index < -0.39 is 6.04 Å². The van der Waals surface area contributed by atoms with E-state index in [0.29, 0.717) is 30.2 Å². The van der Waals surface area contributed by atoms with Crippen molar-refractivity contribution in [3.05, 3.63) is 65.2 Å². The summed E-state index contributed by atoms with van der Waals surface area (Å²) in [6, 6.07) is 16.9. The number of benzene rings is 2. The Morgan fingerprint density at radius 2 is 1.72 bits per heavy atom. The number of amides is 2. The highest BCUT2D eigenvalue weighted by Crippen LogP contribution is 2.22. The Bertz CT molecular complexity index is 781. The largest absolute Gasteiger partial charge is 0.352 e. The highest BCUT2D eigenvalue weighted by atomic mass is 35.5. The minimum absolute atomic E-state index is 0.0129. The van der Waals surface area contributed by atoms with Gasteiger partial charge in [-0.1, -0.05) is 48.9 Å². The van der Waals surface area contributed by atoms with E-state index in [2.05, 4.69) is 5.32 Å². The molecule has 156 valence electrons. The summed E-state index contributed by atoms with van der Waals surface area (Å²) in [5, 5.41) is 3.65. The van der Waals surface area contributed by atoms with Crippen LogP contribution < -0.4 is 5.32 Å². The molecule has 2 aromatic carbocycles. The van der Waals surface area contributed by atoms with Crippen molar-refractivity contribution in [3.8, 4) is 0 Å². The van der Waals surface area contributed by atoms with Gasteiger partial charge in [-0.2, -0.15) is 0 Å². The van der Waals surface area contributed by atoms with Crippen LogP contribution in [-0.2, 0) is 16.1 Å². The lowest BCUT2D eigenvalue weighted by Gasteiger charge is -2.31. The Hall–Kier alpha value is -1.98. The second-order valence-corrected chi connectivity index (χ2v) is 8.75. The molecule has 0 unspecified atom stereocenters. The van der Waals surface area contributed by atoms with Crippen LogP contribution in [0.15, 0.2) is 59.5 Å². The van der Waals surface area contributed by atoms with E-state index in [4.69, 9.17) is 11.6 Å². The van der Waals surface area contributed by atoms with Crippen LogP contribution >= 0.6 is 23.4 Å². The maximum Gasteiger partial charge on any atom is 0.243 e. The molecule has 0 radical (unpaired) electrons. The predicted octanol–water partition coefficient (Wildman–Crippen LogP) is 5.15. The molecule has 0 aromatic heterocycles. The number of thioether (sulfide) groups is 1. The quantitative estimate of drug-likeness (QED) is 0.528. The van der Waals surface area contributed by atoms with E-state index >= 15 is 0 Å². The highest BCUT2D eigenvalue weighted by molar-refractivity contribution is 7.99. The summed E-state index contributed by atoms with van der Waals surface area (Å²) in [4.78, 5) is 28.6. The molecule has 0 saturated carbocycles. The van der Waals surface area contributed by atoms with E-state index in [1.807, 2.05) is 75.4 Å². The molecular weight excluding hydrogens is 404 g/mol. The van der Waals surface area contributed by atoms with E-state index in [0.717, 1.165) is 10.5 Å². The fourth-order valence-electron chi connectivity index (χ4n) is 3.01. The zero-order valence-electron chi connectivity index (χ0n) is 17.2. The molecule has 0 bridgehead atoms. The fourth-order valence-corrected chi connectivity index (χ4v) is 3.98. The fraction of sp³-hybridized carbons (Fsp3) is 0.391. The SMILES string of the molecule is CC[C@H](C(=O)NC(C)C)N(Cc1ccccc1)C(=O)CCSc1ccc(Cl)cc1. The molecule has 2 aromatic rings. The third-order valence-corrected chi connectivity index (χ3v) is 5.68. The average molecular weight is 433 g/mol. The highest BCUT2D eigenvalue weighted by Gasteiger charge is 2.28. The van der Waals surface area contributed by atoms with Gasteiger partial charge in [0.05, 0.1) is 0 Å². The number of rotatable bonds is 10. The third kappa shape index (κ3) is 7.75. The predicted molar refractivity (Wildman–Crippen MR) is 121 cm³/mol. The van der Waals surface area contributed by atoms with Crippen molar-refractivity contribution in [2.24, 2.45) is 0 Å². The van der Waals surface area contributed by atoms with Gasteiger partial charge in [0.15, 0.2) is 0 Å². The smallest absolute Gasteiger partial charge is 0.243 e. The molecule has 2 rings (SSSR count). The summed E-state index contributed by atoms with van der Waals surface area (Å²) in [6.07, 6.45) is 0.938. The van der Waals surface area contributed by atoms with E-state index in [1.54, 1.807) is 16.7 Å². The van der Waals surface area contributed by atoms with Gasteiger partial charge in [-0.05, 0) is 50.1 Å². The van der Waals surface area contributed by atoms with Crippen LogP contribution in [0.4, 0.5) is 0 Å². The zero-order valence-corrected chi connectivity index (χ0v) is 18.8. The first kappa shape index (κ1) is 23.3. The number of nitrogens with zero attached hydrogens (tertiary/aromatic N) is 1. The summed E-state index contributed by atoms with van der Waals surface area (Å²) in [7, 11) is 0. The number of carbonyl (C=O) groups is 2. The molecule has 0 aliphatic heterocycles. The van der Waals surface area contributed by atoms with Crippen LogP contribution in [0.2, 0.25) is 5.02 Å². The maximum absolute atomic E-state index is 13.1. The standard InChI is InChI=1S/C23H29ClN2O2S/c1-4-21(23(28)25-17(2)3)26(16-18-8-6-5-7-9-18)22(27)14-15-29-20-12-10-19(24)11-13-20/h5-13,17,21H,4,14-16H2,1-3H3,(H,25,28)/t21-/m1/s1. The van der Waals surface area contributed by atoms with Crippen LogP contribution in [-0.4, -0.2) is 34.6 Å². The molecule has 0 saturated heterocycles. The van der Waals surface area contributed by atoms with Crippen molar-refractivity contribution in [2.45, 2.75) is 57.1 Å². The van der Waals surface area contributed by atoms with Gasteiger partial charge in [0.2, 0.25) is 11.8 Å². The Morgan fingerprint density at radius 3 is 2.31 bits per heavy atom. The van der Waals surface area contributed by atoms with E-state index in [-0.39, 0.29) is 17.9 Å². The van der Waals surface area contributed by atoms with E-state index in [1.165, 1.54) is 0 Å². The third-order valence-electron chi connectivity index (χ3n) is 4.41. The van der Waals surface area contributed by atoms with Crippen LogP contribution in [0, 0.1) is 0 Å². The van der Waals surface area contributed by atoms with Crippen molar-refractivity contribution < 1.29 is 9.59 Å². The molecular formula is C23H29ClN2O2S. The van der Waals surface area contributed by atoms with Gasteiger partial charge in [-0.3, -0.25) is 9.59 Å². The van der Waals surface area contributed by atoms with E-state index in [9.17, 15) is 9.59 Å². The Balaban J connectivity index is 2.08. The first-order valence-electron chi connectivity index (χ1n) is 9.92. The Labute approximate surface area is 183 Å². The van der Waals surface area contributed by atoms with Crippen molar-refractivity contribution in [3.63, 3.8) is 0 Å². The number of carbonyl (C=O) groups excluding carboxylic acids is 2. The number of nitrogens with one attached hydrogen (secondary N) is 1. The summed E-state index contributed by atoms with van der Waals surface area (Å²) in [5.74, 6) is 0.534. The maximum atomic E-state index is 13.1. The molecule has 0 fully saturated rings. The second kappa shape index (κ2) is 11.9. The monoisotopic (exact) mass is 432 g/mol. The lowest BCUT2D eigenvalue weighted by molar-refractivity contribution is -0.141. The van der Waals surface area contributed by atoms with Gasteiger partial charge in [0.1, 0.15) is 6.04 Å². The van der Waals surface area contributed by atoms with Crippen molar-refractivity contribution >= 4 is 35.2 Å². The van der Waals surface area contributed by atoms with Crippen molar-refractivity contribution in [2.75, 3.05) is 5.75 Å². The molecule has 6 heteroatoms. The normalized spacial score (nSPS) is 11.9. The topological polar surface area (TPSA) is 49.4 Å². The van der Waals surface area contributed by atoms with Gasteiger partial charge in [0, 0.05) is 34.7 Å². The van der Waals surface area contributed by atoms with Crippen LogP contribution in [0.25, 0.3) is 0 Å². The number of hydrogen-bond donors (Lipinski definition) is 1. The molecule has 1 N–H and O–H groups in total. The molecule has 4 nitrogen and oxygen atoms in total. The Morgan fingerprint density at radius 1 is 1.07 bits per heavy atom. The van der Waals surface area contributed by atoms with Gasteiger partial charge >= 0.3 is 0 Å². The summed E-state index contributed by atoms with van der Waals surface area (Å²) >= 11 is 7.54. The molecule has 0 spiro atoms. The first-order valence-corrected chi connectivity index (χ1v) is 11.3. The van der Waals surface area contributed by atoms with Gasteiger partial charge in [0.25, 0.3) is 0 Å². The lowest BCUT2D eigenvalue weighted by Crippen LogP contribution is -2.50. The summed E-state index contributed by atoms with van der Waals surface area (Å²) in [6.45, 7) is 6.22. The molecule has 0 aliphatic carbocycles. The summed E-state index contributed by atoms with van der Waals surface area (Å²) < 4.78 is 0. The minimum atomic E-state index is -0.481. The van der Waals surface area contributed by atoms with Gasteiger partial charge in [-0.25, -0.2) is 0 Å². The lowest BCUT2D eigenvalue weighted by atomic mass is 10.1. The second-order valence-electron chi connectivity index (χ2n) is 7.15. The zero-order chi connectivity index (χ0) is 21.2.